The largest absolute Gasteiger partial charge is 0.488 e. The number of carbonyl (C=O) groups excluding carboxylic acids is 3. The van der Waals surface area contributed by atoms with Gasteiger partial charge in [0, 0.05) is 5.56 Å². The summed E-state index contributed by atoms with van der Waals surface area (Å²) in [4.78, 5) is 34.1. The zero-order valence-corrected chi connectivity index (χ0v) is 13.1. The van der Waals surface area contributed by atoms with E-state index in [4.69, 9.17) is 19.5 Å². The number of hydrogen-bond donors (Lipinski definition) is 2. The maximum Gasteiger partial charge on any atom is 0.488 e. The SMILES string of the molecule is O=Cc1ccc(C(=O)OCCOC(=O)c2ccc(B(O)O)cc2)cc1. The fourth-order valence-electron chi connectivity index (χ4n) is 1.92. The third-order valence-electron chi connectivity index (χ3n) is 3.28. The zero-order chi connectivity index (χ0) is 18.2. The van der Waals surface area contributed by atoms with Gasteiger partial charge < -0.3 is 19.5 Å². The molecule has 2 aromatic carbocycles. The molecule has 2 N–H and O–H groups in total. The Morgan fingerprint density at radius 1 is 0.840 bits per heavy atom. The highest BCUT2D eigenvalue weighted by Crippen LogP contribution is 2.05. The van der Waals surface area contributed by atoms with Crippen molar-refractivity contribution in [1.82, 2.24) is 0 Å². The molecule has 0 bridgehead atoms. The molecule has 0 atom stereocenters. The normalized spacial score (nSPS) is 10.0. The van der Waals surface area contributed by atoms with E-state index in [0.717, 1.165) is 0 Å². The van der Waals surface area contributed by atoms with Gasteiger partial charge in [0.1, 0.15) is 19.5 Å². The highest BCUT2D eigenvalue weighted by Gasteiger charge is 2.13. The minimum atomic E-state index is -1.61. The Morgan fingerprint density at radius 3 is 1.68 bits per heavy atom. The van der Waals surface area contributed by atoms with Gasteiger partial charge in [-0.3, -0.25) is 4.79 Å². The van der Waals surface area contributed by atoms with Crippen molar-refractivity contribution in [3.05, 3.63) is 65.2 Å². The minimum Gasteiger partial charge on any atom is -0.458 e. The number of carbonyl (C=O) groups is 3. The molecule has 0 radical (unpaired) electrons. The van der Waals surface area contributed by atoms with Crippen LogP contribution in [0.5, 0.6) is 0 Å². The summed E-state index contributed by atoms with van der Waals surface area (Å²) in [5.41, 5.74) is 1.23. The molecule has 0 aliphatic heterocycles. The summed E-state index contributed by atoms with van der Waals surface area (Å²) in [6.45, 7) is -0.241. The van der Waals surface area contributed by atoms with Crippen LogP contribution in [0.3, 0.4) is 0 Å². The summed E-state index contributed by atoms with van der Waals surface area (Å²) in [6, 6.07) is 11.5. The van der Waals surface area contributed by atoms with Crippen molar-refractivity contribution in [2.24, 2.45) is 0 Å². The van der Waals surface area contributed by atoms with Gasteiger partial charge in [0.15, 0.2) is 0 Å². The second-order valence-corrected chi connectivity index (χ2v) is 5.01. The van der Waals surface area contributed by atoms with E-state index in [-0.39, 0.29) is 29.8 Å². The van der Waals surface area contributed by atoms with Gasteiger partial charge in [0.2, 0.25) is 0 Å². The summed E-state index contributed by atoms with van der Waals surface area (Å²) in [6.07, 6.45) is 0.669. The molecule has 0 saturated carbocycles. The molecule has 0 fully saturated rings. The van der Waals surface area contributed by atoms with Gasteiger partial charge in [0.25, 0.3) is 0 Å². The Balaban J connectivity index is 1.76. The first-order valence-electron chi connectivity index (χ1n) is 7.37. The van der Waals surface area contributed by atoms with Gasteiger partial charge in [-0.15, -0.1) is 0 Å². The highest BCUT2D eigenvalue weighted by atomic mass is 16.6. The Bertz CT molecular complexity index is 739. The predicted octanol–water partition coefficient (Wildman–Crippen LogP) is 0.193. The molecule has 0 unspecified atom stereocenters. The fraction of sp³-hybridized carbons (Fsp3) is 0.118. The van der Waals surface area contributed by atoms with Gasteiger partial charge in [-0.1, -0.05) is 24.3 Å². The quantitative estimate of drug-likeness (QED) is 0.320. The molecule has 0 aliphatic carbocycles. The minimum absolute atomic E-state index is 0.118. The lowest BCUT2D eigenvalue weighted by Gasteiger charge is -2.07. The van der Waals surface area contributed by atoms with Crippen LogP contribution < -0.4 is 5.46 Å². The lowest BCUT2D eigenvalue weighted by atomic mass is 9.80. The first-order chi connectivity index (χ1) is 12.0. The average Bonchev–Trinajstić information content (AvgIpc) is 2.65. The van der Waals surface area contributed by atoms with Crippen LogP contribution in [-0.4, -0.2) is 48.6 Å². The topological polar surface area (TPSA) is 110 Å². The third-order valence-corrected chi connectivity index (χ3v) is 3.28. The number of benzene rings is 2. The van der Waals surface area contributed by atoms with E-state index in [2.05, 4.69) is 0 Å². The average molecular weight is 342 g/mol. The van der Waals surface area contributed by atoms with Crippen LogP contribution in [0, 0.1) is 0 Å². The summed E-state index contributed by atoms with van der Waals surface area (Å²) >= 11 is 0. The fourth-order valence-corrected chi connectivity index (χ4v) is 1.92. The van der Waals surface area contributed by atoms with Crippen molar-refractivity contribution >= 4 is 30.8 Å². The Labute approximate surface area is 144 Å². The van der Waals surface area contributed by atoms with Crippen LogP contribution in [-0.2, 0) is 9.47 Å². The standard InChI is InChI=1S/C17H15BO7/c19-11-12-1-3-13(4-2-12)16(20)24-9-10-25-17(21)14-5-7-15(8-6-14)18(22)23/h1-8,11,22-23H,9-10H2. The van der Waals surface area contributed by atoms with E-state index in [9.17, 15) is 14.4 Å². The van der Waals surface area contributed by atoms with Crippen molar-refractivity contribution in [2.75, 3.05) is 13.2 Å². The van der Waals surface area contributed by atoms with Gasteiger partial charge in [0.05, 0.1) is 11.1 Å². The van der Waals surface area contributed by atoms with E-state index < -0.39 is 19.1 Å². The zero-order valence-electron chi connectivity index (χ0n) is 13.1. The molecule has 0 spiro atoms. The van der Waals surface area contributed by atoms with Gasteiger partial charge in [-0.05, 0) is 29.7 Å². The van der Waals surface area contributed by atoms with E-state index >= 15 is 0 Å². The van der Waals surface area contributed by atoms with Crippen LogP contribution in [0.4, 0.5) is 0 Å². The monoisotopic (exact) mass is 342 g/mol. The van der Waals surface area contributed by atoms with Crippen LogP contribution in [0.25, 0.3) is 0 Å². The van der Waals surface area contributed by atoms with Crippen molar-refractivity contribution in [3.8, 4) is 0 Å². The molecule has 0 heterocycles. The maximum atomic E-state index is 11.8. The lowest BCUT2D eigenvalue weighted by Crippen LogP contribution is -2.29. The molecule has 0 aromatic heterocycles. The molecule has 0 saturated heterocycles. The van der Waals surface area contributed by atoms with E-state index in [1.54, 1.807) is 0 Å². The third kappa shape index (κ3) is 5.27. The van der Waals surface area contributed by atoms with Crippen molar-refractivity contribution < 1.29 is 33.9 Å². The molecule has 25 heavy (non-hydrogen) atoms. The van der Waals surface area contributed by atoms with Crippen LogP contribution >= 0.6 is 0 Å². The lowest BCUT2D eigenvalue weighted by molar-refractivity contribution is 0.0265. The van der Waals surface area contributed by atoms with Crippen molar-refractivity contribution in [1.29, 1.82) is 0 Å². The van der Waals surface area contributed by atoms with Crippen LogP contribution in [0.1, 0.15) is 31.1 Å². The molecule has 128 valence electrons. The molecule has 2 aromatic rings. The second kappa shape index (κ2) is 8.77. The number of ether oxygens (including phenoxy) is 2. The number of rotatable bonds is 7. The molecule has 8 heteroatoms. The number of aldehydes is 1. The molecule has 0 amide bonds. The second-order valence-electron chi connectivity index (χ2n) is 5.01. The highest BCUT2D eigenvalue weighted by molar-refractivity contribution is 6.58. The van der Waals surface area contributed by atoms with E-state index in [0.29, 0.717) is 11.8 Å². The number of esters is 2. The first-order valence-corrected chi connectivity index (χ1v) is 7.37. The summed E-state index contributed by atoms with van der Waals surface area (Å²) in [7, 11) is -1.61. The van der Waals surface area contributed by atoms with Crippen LogP contribution in [0.2, 0.25) is 0 Å². The first kappa shape index (κ1) is 18.4. The number of hydrogen-bond acceptors (Lipinski definition) is 7. The smallest absolute Gasteiger partial charge is 0.458 e. The van der Waals surface area contributed by atoms with Gasteiger partial charge >= 0.3 is 19.1 Å². The molecular weight excluding hydrogens is 327 g/mol. The predicted molar refractivity (Wildman–Crippen MR) is 88.7 cm³/mol. The Kier molecular flexibility index (Phi) is 6.44. The van der Waals surface area contributed by atoms with E-state index in [1.807, 2.05) is 0 Å². The van der Waals surface area contributed by atoms with Gasteiger partial charge in [-0.25, -0.2) is 9.59 Å². The summed E-state index contributed by atoms with van der Waals surface area (Å²) < 4.78 is 9.93. The van der Waals surface area contributed by atoms with E-state index in [1.165, 1.54) is 48.5 Å². The Hall–Kier alpha value is -2.97. The summed E-state index contributed by atoms with van der Waals surface area (Å²) in [5, 5.41) is 18.0. The molecular formula is C17H15BO7. The van der Waals surface area contributed by atoms with Crippen molar-refractivity contribution in [3.63, 3.8) is 0 Å². The van der Waals surface area contributed by atoms with Gasteiger partial charge in [-0.2, -0.15) is 0 Å². The molecule has 0 aliphatic rings. The molecule has 7 nitrogen and oxygen atoms in total. The van der Waals surface area contributed by atoms with Crippen molar-refractivity contribution in [2.45, 2.75) is 0 Å². The summed E-state index contributed by atoms with van der Waals surface area (Å²) in [5.74, 6) is -1.21. The maximum absolute atomic E-state index is 11.8. The van der Waals surface area contributed by atoms with Crippen LogP contribution in [0.15, 0.2) is 48.5 Å². The Morgan fingerprint density at radius 2 is 1.28 bits per heavy atom. The molecule has 2 rings (SSSR count).